The number of pyridine rings is 1. The third kappa shape index (κ3) is 2.06. The van der Waals surface area contributed by atoms with Crippen molar-refractivity contribution in [2.45, 2.75) is 6.92 Å². The molecule has 5 heteroatoms. The number of rotatable bonds is 2. The van der Waals surface area contributed by atoms with Gasteiger partial charge in [0.25, 0.3) is 0 Å². The Morgan fingerprint density at radius 1 is 0.920 bits per heavy atom. The Balaban J connectivity index is 1.93. The lowest BCUT2D eigenvalue weighted by atomic mass is 10.1. The molecule has 25 heavy (non-hydrogen) atoms. The largest absolute Gasteiger partial charge is 0.291 e. The van der Waals surface area contributed by atoms with Crippen LogP contribution in [0.4, 0.5) is 0 Å². The van der Waals surface area contributed by atoms with Crippen molar-refractivity contribution in [1.82, 2.24) is 24.1 Å². The molecule has 4 heterocycles. The van der Waals surface area contributed by atoms with E-state index in [0.717, 1.165) is 39.3 Å². The maximum atomic E-state index is 4.93. The Hall–Kier alpha value is -3.47. The SMILES string of the molecule is Cc1ccncc1-c1nc2c(cc3cccnn32)n1-c1ccccc1. The highest BCUT2D eigenvalue weighted by Crippen LogP contribution is 2.31. The maximum Gasteiger partial charge on any atom is 0.180 e. The predicted molar refractivity (Wildman–Crippen MR) is 97.8 cm³/mol. The van der Waals surface area contributed by atoms with Crippen molar-refractivity contribution in [2.75, 3.05) is 0 Å². The zero-order valence-corrected chi connectivity index (χ0v) is 13.7. The van der Waals surface area contributed by atoms with Crippen LogP contribution in [0.15, 0.2) is 73.2 Å². The predicted octanol–water partition coefficient (Wildman–Crippen LogP) is 4.04. The van der Waals surface area contributed by atoms with Gasteiger partial charge < -0.3 is 0 Å². The van der Waals surface area contributed by atoms with Crippen LogP contribution >= 0.6 is 0 Å². The van der Waals surface area contributed by atoms with Gasteiger partial charge in [-0.1, -0.05) is 18.2 Å². The van der Waals surface area contributed by atoms with Crippen molar-refractivity contribution in [3.05, 3.63) is 78.8 Å². The molecule has 5 nitrogen and oxygen atoms in total. The van der Waals surface area contributed by atoms with Gasteiger partial charge in [-0.05, 0) is 48.9 Å². The van der Waals surface area contributed by atoms with Crippen molar-refractivity contribution in [3.63, 3.8) is 0 Å². The number of hydrogen-bond donors (Lipinski definition) is 0. The molecule has 0 aliphatic carbocycles. The Morgan fingerprint density at radius 2 is 1.80 bits per heavy atom. The summed E-state index contributed by atoms with van der Waals surface area (Å²) in [6.07, 6.45) is 5.46. The van der Waals surface area contributed by atoms with Crippen LogP contribution < -0.4 is 0 Å². The van der Waals surface area contributed by atoms with Crippen LogP contribution in [0.5, 0.6) is 0 Å². The first-order valence-corrected chi connectivity index (χ1v) is 8.14. The van der Waals surface area contributed by atoms with Crippen LogP contribution in [-0.4, -0.2) is 24.1 Å². The topological polar surface area (TPSA) is 48.0 Å². The van der Waals surface area contributed by atoms with E-state index < -0.39 is 0 Å². The lowest BCUT2D eigenvalue weighted by Gasteiger charge is -2.10. The molecular formula is C20H15N5. The van der Waals surface area contributed by atoms with E-state index in [1.807, 2.05) is 47.1 Å². The Bertz CT molecular complexity index is 1200. The van der Waals surface area contributed by atoms with Crippen LogP contribution in [0.1, 0.15) is 5.56 Å². The van der Waals surface area contributed by atoms with E-state index in [-0.39, 0.29) is 0 Å². The van der Waals surface area contributed by atoms with Gasteiger partial charge in [0, 0.05) is 29.8 Å². The van der Waals surface area contributed by atoms with Crippen LogP contribution in [-0.2, 0) is 0 Å². The highest BCUT2D eigenvalue weighted by molar-refractivity contribution is 5.87. The second-order valence-electron chi connectivity index (χ2n) is 6.01. The van der Waals surface area contributed by atoms with Gasteiger partial charge in [-0.25, -0.2) is 9.50 Å². The van der Waals surface area contributed by atoms with Gasteiger partial charge in [0.1, 0.15) is 5.82 Å². The first kappa shape index (κ1) is 13.9. The molecule has 5 aromatic rings. The molecule has 1 aromatic carbocycles. The molecule has 0 spiro atoms. The van der Waals surface area contributed by atoms with Crippen LogP contribution in [0.2, 0.25) is 0 Å². The summed E-state index contributed by atoms with van der Waals surface area (Å²) >= 11 is 0. The second kappa shape index (κ2) is 5.27. The molecule has 4 aromatic heterocycles. The van der Waals surface area contributed by atoms with E-state index in [4.69, 9.17) is 4.98 Å². The minimum absolute atomic E-state index is 0.845. The van der Waals surface area contributed by atoms with Crippen molar-refractivity contribution < 1.29 is 0 Å². The number of fused-ring (bicyclic) bond motifs is 3. The fourth-order valence-corrected chi connectivity index (χ4v) is 3.23. The Labute approximate surface area is 144 Å². The highest BCUT2D eigenvalue weighted by Gasteiger charge is 2.19. The number of nitrogens with zero attached hydrogens (tertiary/aromatic N) is 5. The lowest BCUT2D eigenvalue weighted by Crippen LogP contribution is -1.99. The first-order valence-electron chi connectivity index (χ1n) is 8.14. The van der Waals surface area contributed by atoms with Gasteiger partial charge in [0.2, 0.25) is 0 Å². The van der Waals surface area contributed by atoms with Crippen molar-refractivity contribution in [3.8, 4) is 17.1 Å². The summed E-state index contributed by atoms with van der Waals surface area (Å²) in [5, 5.41) is 4.46. The van der Waals surface area contributed by atoms with E-state index in [9.17, 15) is 0 Å². The molecule has 0 atom stereocenters. The molecule has 0 N–H and O–H groups in total. The lowest BCUT2D eigenvalue weighted by molar-refractivity contribution is 0.960. The first-order chi connectivity index (χ1) is 12.3. The fraction of sp³-hybridized carbons (Fsp3) is 0.0500. The molecule has 0 unspecified atom stereocenters. The minimum atomic E-state index is 0.845. The number of hydrogen-bond acceptors (Lipinski definition) is 3. The zero-order chi connectivity index (χ0) is 16.8. The third-order valence-electron chi connectivity index (χ3n) is 4.45. The van der Waals surface area contributed by atoms with Gasteiger partial charge >= 0.3 is 0 Å². The van der Waals surface area contributed by atoms with Gasteiger partial charge in [0.15, 0.2) is 5.65 Å². The molecule has 0 aliphatic heterocycles. The summed E-state index contributed by atoms with van der Waals surface area (Å²) in [6, 6.07) is 18.4. The summed E-state index contributed by atoms with van der Waals surface area (Å²) in [7, 11) is 0. The number of aryl methyl sites for hydroxylation is 1. The number of benzene rings is 1. The summed E-state index contributed by atoms with van der Waals surface area (Å²) in [5.41, 5.74) is 6.13. The van der Waals surface area contributed by atoms with E-state index in [0.29, 0.717) is 0 Å². The number of para-hydroxylation sites is 1. The van der Waals surface area contributed by atoms with Crippen LogP contribution in [0, 0.1) is 6.92 Å². The van der Waals surface area contributed by atoms with E-state index >= 15 is 0 Å². The summed E-state index contributed by atoms with van der Waals surface area (Å²) in [4.78, 5) is 9.23. The maximum absolute atomic E-state index is 4.93. The van der Waals surface area contributed by atoms with Crippen LogP contribution in [0.25, 0.3) is 33.8 Å². The van der Waals surface area contributed by atoms with Gasteiger partial charge in [-0.3, -0.25) is 9.55 Å². The second-order valence-corrected chi connectivity index (χ2v) is 6.01. The normalized spacial score (nSPS) is 11.4. The van der Waals surface area contributed by atoms with Gasteiger partial charge in [0.05, 0.1) is 11.0 Å². The van der Waals surface area contributed by atoms with Gasteiger partial charge in [-0.2, -0.15) is 5.10 Å². The molecule has 0 radical (unpaired) electrons. The average molecular weight is 325 g/mol. The summed E-state index contributed by atoms with van der Waals surface area (Å²) < 4.78 is 4.05. The number of imidazole rings is 1. The molecule has 5 rings (SSSR count). The summed E-state index contributed by atoms with van der Waals surface area (Å²) in [6.45, 7) is 2.08. The van der Waals surface area contributed by atoms with Crippen LogP contribution in [0.3, 0.4) is 0 Å². The Kier molecular flexibility index (Phi) is 2.94. The molecular weight excluding hydrogens is 310 g/mol. The summed E-state index contributed by atoms with van der Waals surface area (Å²) in [5.74, 6) is 0.877. The molecule has 0 bridgehead atoms. The Morgan fingerprint density at radius 3 is 2.64 bits per heavy atom. The molecule has 0 saturated heterocycles. The van der Waals surface area contributed by atoms with E-state index in [1.54, 1.807) is 12.4 Å². The molecule has 0 fully saturated rings. The monoisotopic (exact) mass is 325 g/mol. The standard InChI is InChI=1S/C20H15N5/c1-14-9-11-21-13-17(14)19-23-20-18(12-16-8-5-10-22-25(16)20)24(19)15-6-3-2-4-7-15/h2-13H,1H3. The average Bonchev–Trinajstić information content (AvgIpc) is 3.19. The van der Waals surface area contributed by atoms with E-state index in [1.165, 1.54) is 0 Å². The molecule has 120 valence electrons. The van der Waals surface area contributed by atoms with E-state index in [2.05, 4.69) is 39.8 Å². The van der Waals surface area contributed by atoms with Crippen molar-refractivity contribution >= 4 is 16.7 Å². The highest BCUT2D eigenvalue weighted by atomic mass is 15.3. The molecule has 0 aliphatic rings. The van der Waals surface area contributed by atoms with Crippen molar-refractivity contribution in [2.24, 2.45) is 0 Å². The fourth-order valence-electron chi connectivity index (χ4n) is 3.23. The number of aromatic nitrogens is 5. The smallest absolute Gasteiger partial charge is 0.180 e. The molecule has 0 amide bonds. The van der Waals surface area contributed by atoms with Crippen molar-refractivity contribution in [1.29, 1.82) is 0 Å². The van der Waals surface area contributed by atoms with Gasteiger partial charge in [-0.15, -0.1) is 0 Å². The zero-order valence-electron chi connectivity index (χ0n) is 13.7. The minimum Gasteiger partial charge on any atom is -0.291 e. The quantitative estimate of drug-likeness (QED) is 0.492. The third-order valence-corrected chi connectivity index (χ3v) is 4.45. The molecule has 0 saturated carbocycles.